The zero-order chi connectivity index (χ0) is 20.5. The van der Waals surface area contributed by atoms with E-state index in [1.807, 2.05) is 40.2 Å². The molecule has 0 bridgehead atoms. The lowest BCUT2D eigenvalue weighted by atomic mass is 10.2. The summed E-state index contributed by atoms with van der Waals surface area (Å²) in [5.41, 5.74) is 2.86. The first kappa shape index (κ1) is 18.7. The molecule has 0 unspecified atom stereocenters. The second-order valence-electron chi connectivity index (χ2n) is 7.93. The van der Waals surface area contributed by atoms with Crippen molar-refractivity contribution in [1.82, 2.24) is 34.8 Å². The number of nitrogens with zero attached hydrogens (tertiary/aromatic N) is 7. The van der Waals surface area contributed by atoms with Crippen molar-refractivity contribution in [2.24, 2.45) is 0 Å². The highest BCUT2D eigenvalue weighted by Crippen LogP contribution is 2.24. The van der Waals surface area contributed by atoms with Gasteiger partial charge in [0.25, 0.3) is 0 Å². The Kier molecular flexibility index (Phi) is 4.92. The molecule has 8 nitrogen and oxygen atoms in total. The predicted octanol–water partition coefficient (Wildman–Crippen LogP) is 3.06. The summed E-state index contributed by atoms with van der Waals surface area (Å²) < 4.78 is 3.84. The van der Waals surface area contributed by atoms with E-state index in [0.717, 1.165) is 66.4 Å². The molecule has 0 aliphatic carbocycles. The molecule has 1 N–H and O–H groups in total. The highest BCUT2D eigenvalue weighted by atomic mass is 15.3. The van der Waals surface area contributed by atoms with Gasteiger partial charge in [-0.05, 0) is 45.0 Å². The molecule has 0 atom stereocenters. The van der Waals surface area contributed by atoms with Gasteiger partial charge in [-0.1, -0.05) is 6.07 Å². The monoisotopic (exact) mass is 402 g/mol. The second-order valence-corrected chi connectivity index (χ2v) is 7.93. The molecule has 4 aromatic heterocycles. The number of fused-ring (bicyclic) bond motifs is 1. The molecule has 154 valence electrons. The van der Waals surface area contributed by atoms with Gasteiger partial charge in [0.1, 0.15) is 5.82 Å². The van der Waals surface area contributed by atoms with E-state index in [0.29, 0.717) is 6.04 Å². The lowest BCUT2D eigenvalue weighted by Gasteiger charge is -2.21. The van der Waals surface area contributed by atoms with Crippen LogP contribution in [-0.2, 0) is 0 Å². The summed E-state index contributed by atoms with van der Waals surface area (Å²) in [4.78, 5) is 11.9. The summed E-state index contributed by atoms with van der Waals surface area (Å²) in [6, 6.07) is 8.51. The van der Waals surface area contributed by atoms with Gasteiger partial charge in [-0.25, -0.2) is 9.67 Å². The number of pyridine rings is 2. The van der Waals surface area contributed by atoms with Crippen molar-refractivity contribution in [3.05, 3.63) is 49.1 Å². The van der Waals surface area contributed by atoms with E-state index in [-0.39, 0.29) is 0 Å². The van der Waals surface area contributed by atoms with Gasteiger partial charge in [-0.15, -0.1) is 0 Å². The third-order valence-corrected chi connectivity index (χ3v) is 5.48. The Morgan fingerprint density at radius 3 is 2.77 bits per heavy atom. The fourth-order valence-electron chi connectivity index (χ4n) is 3.79. The first-order valence-electron chi connectivity index (χ1n) is 10.5. The van der Waals surface area contributed by atoms with Crippen LogP contribution in [0.5, 0.6) is 0 Å². The summed E-state index contributed by atoms with van der Waals surface area (Å²) >= 11 is 0. The van der Waals surface area contributed by atoms with Gasteiger partial charge in [0.2, 0.25) is 0 Å². The van der Waals surface area contributed by atoms with Crippen molar-refractivity contribution >= 4 is 16.7 Å². The molecule has 1 aliphatic heterocycles. The number of nitrogens with one attached hydrogen (secondary N) is 1. The third-order valence-electron chi connectivity index (χ3n) is 5.48. The molecule has 1 saturated heterocycles. The summed E-state index contributed by atoms with van der Waals surface area (Å²) in [6.45, 7) is 8.24. The van der Waals surface area contributed by atoms with Crippen LogP contribution in [0.25, 0.3) is 28.0 Å². The van der Waals surface area contributed by atoms with Crippen molar-refractivity contribution in [3.63, 3.8) is 0 Å². The van der Waals surface area contributed by atoms with Crippen LogP contribution in [0.2, 0.25) is 0 Å². The van der Waals surface area contributed by atoms with Crippen LogP contribution in [-0.4, -0.2) is 55.7 Å². The van der Waals surface area contributed by atoms with E-state index in [2.05, 4.69) is 57.4 Å². The smallest absolute Gasteiger partial charge is 0.156 e. The van der Waals surface area contributed by atoms with E-state index in [4.69, 9.17) is 4.98 Å². The van der Waals surface area contributed by atoms with Crippen LogP contribution < -0.4 is 10.2 Å². The third kappa shape index (κ3) is 3.54. The zero-order valence-corrected chi connectivity index (χ0v) is 17.4. The van der Waals surface area contributed by atoms with Crippen molar-refractivity contribution in [2.75, 3.05) is 31.1 Å². The van der Waals surface area contributed by atoms with Crippen molar-refractivity contribution in [3.8, 4) is 17.1 Å². The molecule has 0 aromatic carbocycles. The quantitative estimate of drug-likeness (QED) is 0.565. The molecular weight excluding hydrogens is 376 g/mol. The minimum atomic E-state index is 0.314. The number of anilines is 1. The van der Waals surface area contributed by atoms with E-state index >= 15 is 0 Å². The lowest BCUT2D eigenvalue weighted by Crippen LogP contribution is -2.28. The van der Waals surface area contributed by atoms with Gasteiger partial charge in [0, 0.05) is 49.0 Å². The first-order valence-corrected chi connectivity index (χ1v) is 10.5. The molecular formula is C22H26N8. The Hall–Kier alpha value is -3.26. The Morgan fingerprint density at radius 1 is 1.00 bits per heavy atom. The van der Waals surface area contributed by atoms with E-state index in [1.54, 1.807) is 0 Å². The molecule has 1 aliphatic rings. The van der Waals surface area contributed by atoms with E-state index < -0.39 is 0 Å². The minimum absolute atomic E-state index is 0.314. The van der Waals surface area contributed by atoms with E-state index in [9.17, 15) is 0 Å². The number of hydrogen-bond acceptors (Lipinski definition) is 6. The normalized spacial score (nSPS) is 15.1. The maximum atomic E-state index is 4.92. The van der Waals surface area contributed by atoms with Crippen molar-refractivity contribution in [2.45, 2.75) is 26.3 Å². The molecule has 0 radical (unpaired) electrons. The lowest BCUT2D eigenvalue weighted by molar-refractivity contribution is 0.532. The van der Waals surface area contributed by atoms with Gasteiger partial charge in [0.15, 0.2) is 5.82 Å². The molecule has 5 rings (SSSR count). The first-order chi connectivity index (χ1) is 14.7. The van der Waals surface area contributed by atoms with E-state index in [1.165, 1.54) is 0 Å². The molecule has 30 heavy (non-hydrogen) atoms. The number of aromatic nitrogens is 6. The standard InChI is InChI=1S/C22H26N8/c1-16(2)29-15-18(14-25-29)19-11-20-17(12-24-19)13-26-30(20)22-6-3-5-21(27-22)28-9-4-7-23-8-10-28/h3,5-6,11-16,23H,4,7-10H2,1-2H3. The summed E-state index contributed by atoms with van der Waals surface area (Å²) in [7, 11) is 0. The molecule has 8 heteroatoms. The summed E-state index contributed by atoms with van der Waals surface area (Å²) in [5, 5.41) is 13.5. The van der Waals surface area contributed by atoms with Gasteiger partial charge in [-0.2, -0.15) is 10.2 Å². The van der Waals surface area contributed by atoms with Crippen LogP contribution in [0.3, 0.4) is 0 Å². The largest absolute Gasteiger partial charge is 0.355 e. The van der Waals surface area contributed by atoms with Crippen LogP contribution in [0.1, 0.15) is 26.3 Å². The van der Waals surface area contributed by atoms with Crippen LogP contribution in [0, 0.1) is 0 Å². The molecule has 4 aromatic rings. The van der Waals surface area contributed by atoms with Crippen LogP contribution in [0.4, 0.5) is 5.82 Å². The van der Waals surface area contributed by atoms with Crippen molar-refractivity contribution in [1.29, 1.82) is 0 Å². The molecule has 5 heterocycles. The molecule has 0 amide bonds. The molecule has 1 fully saturated rings. The highest BCUT2D eigenvalue weighted by Gasteiger charge is 2.14. The zero-order valence-electron chi connectivity index (χ0n) is 17.4. The Bertz CT molecular complexity index is 1150. The van der Waals surface area contributed by atoms with Gasteiger partial charge in [-0.3, -0.25) is 9.67 Å². The van der Waals surface area contributed by atoms with Gasteiger partial charge < -0.3 is 10.2 Å². The average Bonchev–Trinajstić information content (AvgIpc) is 3.34. The maximum Gasteiger partial charge on any atom is 0.156 e. The molecule has 0 spiro atoms. The molecule has 0 saturated carbocycles. The van der Waals surface area contributed by atoms with Gasteiger partial charge in [0.05, 0.1) is 23.6 Å². The van der Waals surface area contributed by atoms with Crippen LogP contribution >= 0.6 is 0 Å². The minimum Gasteiger partial charge on any atom is -0.355 e. The fourth-order valence-corrected chi connectivity index (χ4v) is 3.79. The van der Waals surface area contributed by atoms with Crippen molar-refractivity contribution < 1.29 is 0 Å². The number of rotatable bonds is 4. The highest BCUT2D eigenvalue weighted by molar-refractivity contribution is 5.83. The summed E-state index contributed by atoms with van der Waals surface area (Å²) in [6.07, 6.45) is 8.72. The topological polar surface area (TPSA) is 76.7 Å². The van der Waals surface area contributed by atoms with Gasteiger partial charge >= 0.3 is 0 Å². The Labute approximate surface area is 175 Å². The Morgan fingerprint density at radius 2 is 1.90 bits per heavy atom. The average molecular weight is 403 g/mol. The predicted molar refractivity (Wildman–Crippen MR) is 118 cm³/mol. The number of hydrogen-bond donors (Lipinski definition) is 1. The SMILES string of the molecule is CC(C)n1cc(-c2cc3c(cn2)cnn3-c2cccc(N3CCCNCC3)n2)cn1. The Balaban J connectivity index is 1.52. The second kappa shape index (κ2) is 7.87. The summed E-state index contributed by atoms with van der Waals surface area (Å²) in [5.74, 6) is 1.81. The van der Waals surface area contributed by atoms with Crippen LogP contribution in [0.15, 0.2) is 49.1 Å². The maximum absolute atomic E-state index is 4.92. The fraction of sp³-hybridized carbons (Fsp3) is 0.364.